The molecule has 17 heavy (non-hydrogen) atoms. The summed E-state index contributed by atoms with van der Waals surface area (Å²) < 4.78 is 0. The van der Waals surface area contributed by atoms with E-state index in [2.05, 4.69) is 45.0 Å². The van der Waals surface area contributed by atoms with E-state index in [0.717, 1.165) is 18.1 Å². The summed E-state index contributed by atoms with van der Waals surface area (Å²) in [6.07, 6.45) is 3.62. The first-order valence-corrected chi connectivity index (χ1v) is 7.64. The highest BCUT2D eigenvalue weighted by molar-refractivity contribution is 7.99. The molecule has 0 amide bonds. The predicted octanol–water partition coefficient (Wildman–Crippen LogP) is 4.62. The van der Waals surface area contributed by atoms with Gasteiger partial charge in [-0.05, 0) is 35.8 Å². The summed E-state index contributed by atoms with van der Waals surface area (Å²) in [4.78, 5) is 1.34. The summed E-state index contributed by atoms with van der Waals surface area (Å²) in [6.45, 7) is 6.71. The molecule has 0 aliphatic rings. The van der Waals surface area contributed by atoms with Gasteiger partial charge in [0.2, 0.25) is 0 Å². The molecule has 2 unspecified atom stereocenters. The van der Waals surface area contributed by atoms with Crippen molar-refractivity contribution in [2.45, 2.75) is 51.0 Å². The number of hydrogen-bond acceptors (Lipinski definition) is 2. The highest BCUT2D eigenvalue weighted by Gasteiger charge is 2.10. The van der Waals surface area contributed by atoms with Crippen molar-refractivity contribution < 1.29 is 0 Å². The fourth-order valence-corrected chi connectivity index (χ4v) is 2.82. The van der Waals surface area contributed by atoms with Crippen LogP contribution in [0.1, 0.15) is 51.6 Å². The van der Waals surface area contributed by atoms with Gasteiger partial charge in [-0.25, -0.2) is 0 Å². The van der Waals surface area contributed by atoms with Gasteiger partial charge in [0.05, 0.1) is 0 Å². The Morgan fingerprint density at radius 1 is 1.18 bits per heavy atom. The number of hydrogen-bond donors (Lipinski definition) is 1. The van der Waals surface area contributed by atoms with E-state index in [0.29, 0.717) is 0 Å². The maximum Gasteiger partial charge on any atom is 0.0297 e. The second-order valence-electron chi connectivity index (χ2n) is 4.74. The maximum atomic E-state index is 6.24. The molecule has 0 saturated carbocycles. The van der Waals surface area contributed by atoms with E-state index in [1.165, 1.54) is 23.3 Å². The van der Waals surface area contributed by atoms with Gasteiger partial charge in [-0.3, -0.25) is 0 Å². The lowest BCUT2D eigenvalue weighted by Gasteiger charge is -2.17. The standard InChI is InChI=1S/C15H25NS/c1-4-6-12(3)11-15(16)13-7-9-14(10-8-13)17-5-2/h7-10,12,15H,4-6,11,16H2,1-3H3. The molecule has 0 aromatic heterocycles. The Morgan fingerprint density at radius 3 is 2.35 bits per heavy atom. The Balaban J connectivity index is 2.53. The molecule has 2 atom stereocenters. The summed E-state index contributed by atoms with van der Waals surface area (Å²) in [5.41, 5.74) is 7.52. The number of rotatable bonds is 7. The van der Waals surface area contributed by atoms with Crippen molar-refractivity contribution in [3.63, 3.8) is 0 Å². The lowest BCUT2D eigenvalue weighted by molar-refractivity contribution is 0.440. The van der Waals surface area contributed by atoms with Crippen molar-refractivity contribution in [1.29, 1.82) is 0 Å². The first-order valence-electron chi connectivity index (χ1n) is 6.65. The monoisotopic (exact) mass is 251 g/mol. The number of thioether (sulfide) groups is 1. The summed E-state index contributed by atoms with van der Waals surface area (Å²) in [5.74, 6) is 1.85. The molecular formula is C15H25NS. The topological polar surface area (TPSA) is 26.0 Å². The second kappa shape index (κ2) is 7.78. The van der Waals surface area contributed by atoms with Gasteiger partial charge in [-0.1, -0.05) is 45.7 Å². The molecule has 1 nitrogen and oxygen atoms in total. The minimum Gasteiger partial charge on any atom is -0.324 e. The zero-order chi connectivity index (χ0) is 12.7. The van der Waals surface area contributed by atoms with Crippen LogP contribution >= 0.6 is 11.8 Å². The van der Waals surface area contributed by atoms with Crippen molar-refractivity contribution in [3.8, 4) is 0 Å². The van der Waals surface area contributed by atoms with E-state index in [9.17, 15) is 0 Å². The molecule has 1 rings (SSSR count). The fraction of sp³-hybridized carbons (Fsp3) is 0.600. The minimum atomic E-state index is 0.192. The Kier molecular flexibility index (Phi) is 6.68. The van der Waals surface area contributed by atoms with E-state index in [1.807, 2.05) is 11.8 Å². The summed E-state index contributed by atoms with van der Waals surface area (Å²) in [7, 11) is 0. The average molecular weight is 251 g/mol. The molecule has 0 spiro atoms. The fourth-order valence-electron chi connectivity index (χ4n) is 2.16. The lowest BCUT2D eigenvalue weighted by Crippen LogP contribution is -2.14. The van der Waals surface area contributed by atoms with Crippen molar-refractivity contribution in [2.75, 3.05) is 5.75 Å². The van der Waals surface area contributed by atoms with Gasteiger partial charge in [0.15, 0.2) is 0 Å². The molecule has 0 heterocycles. The van der Waals surface area contributed by atoms with Gasteiger partial charge in [0.1, 0.15) is 0 Å². The third kappa shape index (κ3) is 5.13. The van der Waals surface area contributed by atoms with Gasteiger partial charge < -0.3 is 5.73 Å². The number of benzene rings is 1. The summed E-state index contributed by atoms with van der Waals surface area (Å²) in [5, 5.41) is 0. The Labute approximate surface area is 110 Å². The number of nitrogens with two attached hydrogens (primary N) is 1. The van der Waals surface area contributed by atoms with Crippen LogP contribution in [0.4, 0.5) is 0 Å². The first-order chi connectivity index (χ1) is 8.17. The SMILES string of the molecule is CCCC(C)CC(N)c1ccc(SCC)cc1. The quantitative estimate of drug-likeness (QED) is 0.715. The molecule has 0 bridgehead atoms. The molecule has 1 aromatic carbocycles. The van der Waals surface area contributed by atoms with Crippen molar-refractivity contribution in [1.82, 2.24) is 0 Å². The third-order valence-electron chi connectivity index (χ3n) is 3.06. The van der Waals surface area contributed by atoms with Crippen LogP contribution in [0.3, 0.4) is 0 Å². The highest BCUT2D eigenvalue weighted by atomic mass is 32.2. The molecule has 0 fully saturated rings. The predicted molar refractivity (Wildman–Crippen MR) is 78.5 cm³/mol. The molecule has 0 radical (unpaired) electrons. The average Bonchev–Trinajstić information content (AvgIpc) is 2.30. The molecule has 2 heteroatoms. The van der Waals surface area contributed by atoms with E-state index in [-0.39, 0.29) is 6.04 Å². The highest BCUT2D eigenvalue weighted by Crippen LogP contribution is 2.24. The summed E-state index contributed by atoms with van der Waals surface area (Å²) in [6, 6.07) is 8.93. The van der Waals surface area contributed by atoms with Crippen LogP contribution in [0.5, 0.6) is 0 Å². The molecular weight excluding hydrogens is 226 g/mol. The molecule has 96 valence electrons. The first kappa shape index (κ1) is 14.6. The molecule has 0 saturated heterocycles. The van der Waals surface area contributed by atoms with Crippen LogP contribution in [0.15, 0.2) is 29.2 Å². The van der Waals surface area contributed by atoms with Crippen LogP contribution in [0.25, 0.3) is 0 Å². The van der Waals surface area contributed by atoms with E-state index in [1.54, 1.807) is 0 Å². The van der Waals surface area contributed by atoms with Crippen molar-refractivity contribution in [2.24, 2.45) is 11.7 Å². The van der Waals surface area contributed by atoms with Crippen molar-refractivity contribution >= 4 is 11.8 Å². The second-order valence-corrected chi connectivity index (χ2v) is 6.08. The third-order valence-corrected chi connectivity index (χ3v) is 3.95. The van der Waals surface area contributed by atoms with Gasteiger partial charge >= 0.3 is 0 Å². The van der Waals surface area contributed by atoms with Crippen molar-refractivity contribution in [3.05, 3.63) is 29.8 Å². The van der Waals surface area contributed by atoms with Crippen LogP contribution < -0.4 is 5.73 Å². The minimum absolute atomic E-state index is 0.192. The van der Waals surface area contributed by atoms with Gasteiger partial charge in [0.25, 0.3) is 0 Å². The van der Waals surface area contributed by atoms with E-state index in [4.69, 9.17) is 5.73 Å². The normalized spacial score (nSPS) is 14.6. The van der Waals surface area contributed by atoms with E-state index < -0.39 is 0 Å². The van der Waals surface area contributed by atoms with E-state index >= 15 is 0 Å². The van der Waals surface area contributed by atoms with Crippen LogP contribution in [0.2, 0.25) is 0 Å². The Morgan fingerprint density at radius 2 is 1.82 bits per heavy atom. The van der Waals surface area contributed by atoms with Gasteiger partial charge in [0, 0.05) is 10.9 Å². The smallest absolute Gasteiger partial charge is 0.0297 e. The van der Waals surface area contributed by atoms with Gasteiger partial charge in [-0.2, -0.15) is 0 Å². The zero-order valence-electron chi connectivity index (χ0n) is 11.3. The molecule has 0 aliphatic carbocycles. The molecule has 2 N–H and O–H groups in total. The summed E-state index contributed by atoms with van der Waals surface area (Å²) >= 11 is 1.88. The molecule has 0 aliphatic heterocycles. The lowest BCUT2D eigenvalue weighted by atomic mass is 9.94. The van der Waals surface area contributed by atoms with Crippen LogP contribution in [-0.4, -0.2) is 5.75 Å². The van der Waals surface area contributed by atoms with Gasteiger partial charge in [-0.15, -0.1) is 11.8 Å². The Hall–Kier alpha value is -0.470. The largest absolute Gasteiger partial charge is 0.324 e. The molecule has 1 aromatic rings. The zero-order valence-corrected chi connectivity index (χ0v) is 12.1. The van der Waals surface area contributed by atoms with Crippen LogP contribution in [0, 0.1) is 5.92 Å². The Bertz CT molecular complexity index is 307. The maximum absolute atomic E-state index is 6.24. The van der Waals surface area contributed by atoms with Crippen LogP contribution in [-0.2, 0) is 0 Å².